The third-order valence-corrected chi connectivity index (χ3v) is 4.88. The Morgan fingerprint density at radius 1 is 1.40 bits per heavy atom. The number of carbonyl (C=O) groups excluding carboxylic acids is 2. The fourth-order valence-corrected chi connectivity index (χ4v) is 4.07. The summed E-state index contributed by atoms with van der Waals surface area (Å²) >= 11 is 1.53. The number of anilines is 1. The van der Waals surface area contributed by atoms with Crippen molar-refractivity contribution in [3.8, 4) is 0 Å². The van der Waals surface area contributed by atoms with Crippen LogP contribution in [0.4, 0.5) is 5.00 Å². The second-order valence-corrected chi connectivity index (χ2v) is 6.23. The SMILES string of the molecule is CCOC(=O)c1c(NC(C)=O)sc2c1CCC(CC)C2. The van der Waals surface area contributed by atoms with E-state index in [0.717, 1.165) is 31.2 Å². The molecule has 1 aromatic heterocycles. The van der Waals surface area contributed by atoms with Gasteiger partial charge in [-0.1, -0.05) is 13.3 Å². The maximum Gasteiger partial charge on any atom is 0.341 e. The molecule has 2 rings (SSSR count). The lowest BCUT2D eigenvalue weighted by Crippen LogP contribution is -2.16. The summed E-state index contributed by atoms with van der Waals surface area (Å²) in [5.74, 6) is 0.214. The van der Waals surface area contributed by atoms with Gasteiger partial charge in [-0.05, 0) is 37.7 Å². The number of nitrogens with one attached hydrogen (secondary N) is 1. The van der Waals surface area contributed by atoms with Crippen LogP contribution >= 0.6 is 11.3 Å². The van der Waals surface area contributed by atoms with E-state index in [-0.39, 0.29) is 11.9 Å². The molecule has 1 unspecified atom stereocenters. The zero-order chi connectivity index (χ0) is 14.7. The van der Waals surface area contributed by atoms with Gasteiger partial charge in [0.05, 0.1) is 12.2 Å². The summed E-state index contributed by atoms with van der Waals surface area (Å²) in [4.78, 5) is 24.7. The first-order chi connectivity index (χ1) is 9.56. The van der Waals surface area contributed by atoms with Gasteiger partial charge in [-0.15, -0.1) is 11.3 Å². The van der Waals surface area contributed by atoms with Gasteiger partial charge >= 0.3 is 5.97 Å². The number of ether oxygens (including phenoxy) is 1. The molecule has 5 heteroatoms. The van der Waals surface area contributed by atoms with Crippen molar-refractivity contribution >= 4 is 28.2 Å². The molecule has 1 heterocycles. The molecule has 4 nitrogen and oxygen atoms in total. The predicted octanol–water partition coefficient (Wildman–Crippen LogP) is 3.40. The molecule has 1 aromatic rings. The fourth-order valence-electron chi connectivity index (χ4n) is 2.67. The molecule has 0 radical (unpaired) electrons. The fraction of sp³-hybridized carbons (Fsp3) is 0.600. The van der Waals surface area contributed by atoms with Crippen molar-refractivity contribution in [2.24, 2.45) is 5.92 Å². The Kier molecular flexibility index (Phi) is 4.81. The van der Waals surface area contributed by atoms with E-state index in [9.17, 15) is 9.59 Å². The Balaban J connectivity index is 2.38. The topological polar surface area (TPSA) is 55.4 Å². The lowest BCUT2D eigenvalue weighted by molar-refractivity contribution is -0.114. The van der Waals surface area contributed by atoms with Crippen LogP contribution in [0.1, 0.15) is 54.4 Å². The van der Waals surface area contributed by atoms with E-state index in [2.05, 4.69) is 12.2 Å². The maximum absolute atomic E-state index is 12.2. The van der Waals surface area contributed by atoms with Crippen LogP contribution in [0.2, 0.25) is 0 Å². The summed E-state index contributed by atoms with van der Waals surface area (Å²) in [6.45, 7) is 5.80. The van der Waals surface area contributed by atoms with Crippen LogP contribution in [-0.2, 0) is 22.4 Å². The van der Waals surface area contributed by atoms with Crippen LogP contribution in [0.5, 0.6) is 0 Å². The van der Waals surface area contributed by atoms with Gasteiger partial charge in [0, 0.05) is 11.8 Å². The number of hydrogen-bond acceptors (Lipinski definition) is 4. The Hall–Kier alpha value is -1.36. The van der Waals surface area contributed by atoms with E-state index < -0.39 is 0 Å². The maximum atomic E-state index is 12.2. The van der Waals surface area contributed by atoms with Crippen LogP contribution in [0.25, 0.3) is 0 Å². The minimum Gasteiger partial charge on any atom is -0.462 e. The van der Waals surface area contributed by atoms with Gasteiger partial charge in [-0.2, -0.15) is 0 Å². The average molecular weight is 295 g/mol. The molecule has 1 aliphatic rings. The number of thiophene rings is 1. The van der Waals surface area contributed by atoms with Crippen molar-refractivity contribution in [2.75, 3.05) is 11.9 Å². The quantitative estimate of drug-likeness (QED) is 0.866. The third kappa shape index (κ3) is 3.03. The van der Waals surface area contributed by atoms with Crippen molar-refractivity contribution in [3.05, 3.63) is 16.0 Å². The van der Waals surface area contributed by atoms with Gasteiger partial charge in [0.2, 0.25) is 5.91 Å². The number of carbonyl (C=O) groups is 2. The molecule has 1 aliphatic carbocycles. The number of fused-ring (bicyclic) bond motifs is 1. The van der Waals surface area contributed by atoms with E-state index in [1.165, 1.54) is 23.1 Å². The summed E-state index contributed by atoms with van der Waals surface area (Å²) in [5, 5.41) is 3.43. The van der Waals surface area contributed by atoms with Crippen molar-refractivity contribution in [1.82, 2.24) is 0 Å². The van der Waals surface area contributed by atoms with Crippen LogP contribution in [-0.4, -0.2) is 18.5 Å². The normalized spacial score (nSPS) is 17.4. The first kappa shape index (κ1) is 15.0. The number of rotatable bonds is 4. The largest absolute Gasteiger partial charge is 0.462 e. The first-order valence-electron chi connectivity index (χ1n) is 7.16. The molecule has 1 amide bonds. The Labute approximate surface area is 123 Å². The highest BCUT2D eigenvalue weighted by Gasteiger charge is 2.29. The molecular formula is C15H21NO3S. The Morgan fingerprint density at radius 2 is 2.15 bits per heavy atom. The molecule has 110 valence electrons. The summed E-state index contributed by atoms with van der Waals surface area (Å²) in [6, 6.07) is 0. The molecule has 0 saturated carbocycles. The summed E-state index contributed by atoms with van der Waals surface area (Å²) < 4.78 is 5.14. The van der Waals surface area contributed by atoms with Gasteiger partial charge in [-0.25, -0.2) is 4.79 Å². The van der Waals surface area contributed by atoms with Crippen molar-refractivity contribution in [1.29, 1.82) is 0 Å². The predicted molar refractivity (Wildman–Crippen MR) is 80.4 cm³/mol. The number of esters is 1. The Bertz CT molecular complexity index is 521. The lowest BCUT2D eigenvalue weighted by atomic mass is 9.85. The van der Waals surface area contributed by atoms with Gasteiger partial charge in [0.25, 0.3) is 0 Å². The highest BCUT2D eigenvalue weighted by molar-refractivity contribution is 7.17. The van der Waals surface area contributed by atoms with Gasteiger partial charge in [0.1, 0.15) is 5.00 Å². The summed E-state index contributed by atoms with van der Waals surface area (Å²) in [7, 11) is 0. The van der Waals surface area contributed by atoms with E-state index in [1.54, 1.807) is 6.92 Å². The minimum atomic E-state index is -0.316. The summed E-state index contributed by atoms with van der Waals surface area (Å²) in [6.07, 6.45) is 4.16. The molecule has 1 atom stereocenters. The zero-order valence-corrected chi connectivity index (χ0v) is 13.1. The Morgan fingerprint density at radius 3 is 2.75 bits per heavy atom. The highest BCUT2D eigenvalue weighted by atomic mass is 32.1. The molecule has 1 N–H and O–H groups in total. The standard InChI is InChI=1S/C15H21NO3S/c1-4-10-6-7-11-12(8-10)20-14(16-9(3)17)13(11)15(18)19-5-2/h10H,4-8H2,1-3H3,(H,16,17). The molecule has 0 fully saturated rings. The first-order valence-corrected chi connectivity index (χ1v) is 7.97. The van der Waals surface area contributed by atoms with Crippen molar-refractivity contribution in [3.63, 3.8) is 0 Å². The molecular weight excluding hydrogens is 274 g/mol. The van der Waals surface area contributed by atoms with Gasteiger partial charge in [-0.3, -0.25) is 4.79 Å². The zero-order valence-electron chi connectivity index (χ0n) is 12.2. The molecule has 0 saturated heterocycles. The van der Waals surface area contributed by atoms with E-state index >= 15 is 0 Å². The van der Waals surface area contributed by atoms with Gasteiger partial charge in [0.15, 0.2) is 0 Å². The van der Waals surface area contributed by atoms with Crippen molar-refractivity contribution < 1.29 is 14.3 Å². The second-order valence-electron chi connectivity index (χ2n) is 5.13. The number of hydrogen-bond donors (Lipinski definition) is 1. The molecule has 0 bridgehead atoms. The van der Waals surface area contributed by atoms with Gasteiger partial charge < -0.3 is 10.1 Å². The average Bonchev–Trinajstić information content (AvgIpc) is 2.74. The smallest absolute Gasteiger partial charge is 0.341 e. The van der Waals surface area contributed by atoms with Crippen molar-refractivity contribution in [2.45, 2.75) is 46.5 Å². The van der Waals surface area contributed by atoms with Crippen LogP contribution in [0.3, 0.4) is 0 Å². The van der Waals surface area contributed by atoms with Crippen LogP contribution < -0.4 is 5.32 Å². The monoisotopic (exact) mass is 295 g/mol. The molecule has 0 aliphatic heterocycles. The van der Waals surface area contributed by atoms with E-state index in [4.69, 9.17) is 4.74 Å². The van der Waals surface area contributed by atoms with E-state index in [0.29, 0.717) is 23.1 Å². The number of amides is 1. The third-order valence-electron chi connectivity index (χ3n) is 3.71. The lowest BCUT2D eigenvalue weighted by Gasteiger charge is -2.20. The molecule has 20 heavy (non-hydrogen) atoms. The molecule has 0 spiro atoms. The summed E-state index contributed by atoms with van der Waals surface area (Å²) in [5.41, 5.74) is 1.67. The molecule has 0 aromatic carbocycles. The van der Waals surface area contributed by atoms with Crippen LogP contribution in [0, 0.1) is 5.92 Å². The minimum absolute atomic E-state index is 0.152. The second kappa shape index (κ2) is 6.39. The van der Waals surface area contributed by atoms with E-state index in [1.807, 2.05) is 0 Å². The van der Waals surface area contributed by atoms with Crippen LogP contribution in [0.15, 0.2) is 0 Å². The highest BCUT2D eigenvalue weighted by Crippen LogP contribution is 2.40.